The maximum Gasteiger partial charge on any atom is 0.315 e. The molecule has 1 heterocycles. The van der Waals surface area contributed by atoms with Crippen molar-refractivity contribution in [1.29, 1.82) is 0 Å². The molecule has 2 aromatic rings. The molecule has 0 fully saturated rings. The summed E-state index contributed by atoms with van der Waals surface area (Å²) < 4.78 is 10.5. The number of urea groups is 1. The first-order chi connectivity index (χ1) is 12.0. The van der Waals surface area contributed by atoms with E-state index in [1.54, 1.807) is 26.2 Å². The number of ether oxygens (including phenoxy) is 1. The molecule has 25 heavy (non-hydrogen) atoms. The molecule has 2 rings (SSSR count). The summed E-state index contributed by atoms with van der Waals surface area (Å²) >= 11 is 0. The third-order valence-corrected chi connectivity index (χ3v) is 3.36. The molecular formula is C16H20N4O5. The van der Waals surface area contributed by atoms with E-state index in [0.717, 1.165) is 0 Å². The monoisotopic (exact) mass is 348 g/mol. The fourth-order valence-corrected chi connectivity index (χ4v) is 2.10. The van der Waals surface area contributed by atoms with Gasteiger partial charge in [-0.15, -0.1) is 0 Å². The Hall–Kier alpha value is -3.10. The summed E-state index contributed by atoms with van der Waals surface area (Å²) in [7, 11) is 1.55. The van der Waals surface area contributed by atoms with Gasteiger partial charge in [-0.3, -0.25) is 4.79 Å². The normalized spacial score (nSPS) is 11.6. The zero-order chi connectivity index (χ0) is 18.2. The van der Waals surface area contributed by atoms with E-state index in [2.05, 4.69) is 20.8 Å². The molecule has 0 aliphatic heterocycles. The first-order valence-corrected chi connectivity index (χ1v) is 7.74. The minimum atomic E-state index is -0.898. The number of carboxylic acids is 1. The van der Waals surface area contributed by atoms with E-state index in [4.69, 9.17) is 14.4 Å². The average molecular weight is 348 g/mol. The number of carboxylic acid groups (broad SMARTS) is 1. The number of carbonyl (C=O) groups is 2. The number of aliphatic carboxylic acids is 1. The van der Waals surface area contributed by atoms with Crippen molar-refractivity contribution in [3.8, 4) is 17.1 Å². The van der Waals surface area contributed by atoms with Crippen LogP contribution in [0.15, 0.2) is 28.8 Å². The molecule has 1 aromatic carbocycles. The van der Waals surface area contributed by atoms with Crippen LogP contribution in [0.1, 0.15) is 31.7 Å². The Balaban J connectivity index is 1.92. The first kappa shape index (κ1) is 18.2. The average Bonchev–Trinajstić information content (AvgIpc) is 3.08. The van der Waals surface area contributed by atoms with E-state index in [1.165, 1.54) is 0 Å². The molecule has 1 aromatic heterocycles. The summed E-state index contributed by atoms with van der Waals surface area (Å²) in [4.78, 5) is 26.5. The van der Waals surface area contributed by atoms with Crippen molar-refractivity contribution in [2.24, 2.45) is 0 Å². The van der Waals surface area contributed by atoms with Crippen LogP contribution in [0.25, 0.3) is 11.4 Å². The number of para-hydroxylation sites is 1. The number of nitrogens with zero attached hydrogens (tertiary/aromatic N) is 2. The molecule has 1 atom stereocenters. The van der Waals surface area contributed by atoms with Crippen LogP contribution >= 0.6 is 0 Å². The highest BCUT2D eigenvalue weighted by molar-refractivity contribution is 5.74. The van der Waals surface area contributed by atoms with Gasteiger partial charge in [0.25, 0.3) is 0 Å². The summed E-state index contributed by atoms with van der Waals surface area (Å²) in [5.41, 5.74) is 0.685. The minimum Gasteiger partial charge on any atom is -0.496 e. The zero-order valence-corrected chi connectivity index (χ0v) is 14.0. The van der Waals surface area contributed by atoms with Gasteiger partial charge in [0.15, 0.2) is 0 Å². The highest BCUT2D eigenvalue weighted by Gasteiger charge is 2.18. The molecule has 0 aliphatic carbocycles. The Labute approximate surface area is 144 Å². The number of carbonyl (C=O) groups excluding carboxylic acids is 1. The van der Waals surface area contributed by atoms with Crippen molar-refractivity contribution in [3.63, 3.8) is 0 Å². The second-order valence-corrected chi connectivity index (χ2v) is 5.28. The van der Waals surface area contributed by atoms with E-state index < -0.39 is 18.0 Å². The number of amides is 2. The zero-order valence-electron chi connectivity index (χ0n) is 14.0. The number of benzene rings is 1. The lowest BCUT2D eigenvalue weighted by atomic mass is 10.2. The van der Waals surface area contributed by atoms with Crippen molar-refractivity contribution >= 4 is 12.0 Å². The van der Waals surface area contributed by atoms with Crippen LogP contribution in [-0.2, 0) is 4.79 Å². The van der Waals surface area contributed by atoms with Crippen LogP contribution in [0.2, 0.25) is 0 Å². The van der Waals surface area contributed by atoms with Crippen LogP contribution in [-0.4, -0.2) is 40.9 Å². The van der Waals surface area contributed by atoms with Crippen LogP contribution in [0.5, 0.6) is 5.75 Å². The van der Waals surface area contributed by atoms with Gasteiger partial charge >= 0.3 is 12.0 Å². The van der Waals surface area contributed by atoms with Gasteiger partial charge in [-0.05, 0) is 25.5 Å². The molecule has 2 amide bonds. The molecule has 134 valence electrons. The molecule has 3 N–H and O–H groups in total. The largest absolute Gasteiger partial charge is 0.496 e. The van der Waals surface area contributed by atoms with Gasteiger partial charge in [-0.2, -0.15) is 4.98 Å². The van der Waals surface area contributed by atoms with E-state index >= 15 is 0 Å². The summed E-state index contributed by atoms with van der Waals surface area (Å²) in [5.74, 6) is 0.335. The number of hydrogen-bond acceptors (Lipinski definition) is 6. The van der Waals surface area contributed by atoms with Gasteiger partial charge in [-0.25, -0.2) is 4.79 Å². The molecule has 9 heteroatoms. The van der Waals surface area contributed by atoms with Gasteiger partial charge in [-0.1, -0.05) is 17.3 Å². The van der Waals surface area contributed by atoms with E-state index in [9.17, 15) is 9.59 Å². The van der Waals surface area contributed by atoms with Crippen molar-refractivity contribution < 1.29 is 24.0 Å². The molecule has 0 bridgehead atoms. The highest BCUT2D eigenvalue weighted by atomic mass is 16.5. The summed E-state index contributed by atoms with van der Waals surface area (Å²) in [5, 5.41) is 17.7. The maximum absolute atomic E-state index is 11.8. The molecule has 0 aliphatic rings. The predicted octanol–water partition coefficient (Wildman–Crippen LogP) is 1.97. The minimum absolute atomic E-state index is 0.00175. The second kappa shape index (κ2) is 8.67. The van der Waals surface area contributed by atoms with Gasteiger partial charge in [0.1, 0.15) is 11.8 Å². The summed E-state index contributed by atoms with van der Waals surface area (Å²) in [6, 6.07) is 6.33. The third-order valence-electron chi connectivity index (χ3n) is 3.36. The molecule has 0 saturated heterocycles. The van der Waals surface area contributed by atoms with Crippen LogP contribution in [0.3, 0.4) is 0 Å². The van der Waals surface area contributed by atoms with Crippen LogP contribution in [0.4, 0.5) is 4.79 Å². The Morgan fingerprint density at radius 2 is 2.12 bits per heavy atom. The number of aromatic nitrogens is 2. The topological polar surface area (TPSA) is 127 Å². The van der Waals surface area contributed by atoms with Crippen molar-refractivity contribution in [1.82, 2.24) is 20.8 Å². The Kier molecular flexibility index (Phi) is 6.33. The van der Waals surface area contributed by atoms with Gasteiger partial charge < -0.3 is 25.0 Å². The van der Waals surface area contributed by atoms with Gasteiger partial charge in [0.05, 0.1) is 12.7 Å². The fourth-order valence-electron chi connectivity index (χ4n) is 2.10. The van der Waals surface area contributed by atoms with Crippen molar-refractivity contribution in [3.05, 3.63) is 30.2 Å². The number of rotatable bonds is 8. The molecule has 0 saturated carbocycles. The smallest absolute Gasteiger partial charge is 0.315 e. The lowest BCUT2D eigenvalue weighted by molar-refractivity contribution is -0.137. The molecule has 1 unspecified atom stereocenters. The summed E-state index contributed by atoms with van der Waals surface area (Å²) in [6.45, 7) is 1.97. The Morgan fingerprint density at radius 3 is 2.84 bits per heavy atom. The number of hydrogen-bond donors (Lipinski definition) is 3. The molecule has 0 spiro atoms. The second-order valence-electron chi connectivity index (χ2n) is 5.28. The SMILES string of the molecule is COc1ccccc1-c1noc(C(C)NC(=O)NCCCC(=O)O)n1. The van der Waals surface area contributed by atoms with E-state index in [1.807, 2.05) is 12.1 Å². The predicted molar refractivity (Wildman–Crippen MR) is 88.1 cm³/mol. The quantitative estimate of drug-likeness (QED) is 0.622. The van der Waals surface area contributed by atoms with Crippen molar-refractivity contribution in [2.45, 2.75) is 25.8 Å². The Morgan fingerprint density at radius 1 is 1.36 bits per heavy atom. The number of methoxy groups -OCH3 is 1. The number of nitrogens with one attached hydrogen (secondary N) is 2. The van der Waals surface area contributed by atoms with Gasteiger partial charge in [0, 0.05) is 13.0 Å². The maximum atomic E-state index is 11.8. The lowest BCUT2D eigenvalue weighted by Gasteiger charge is -2.10. The van der Waals surface area contributed by atoms with E-state index in [0.29, 0.717) is 23.6 Å². The van der Waals surface area contributed by atoms with Crippen molar-refractivity contribution in [2.75, 3.05) is 13.7 Å². The third kappa shape index (κ3) is 5.20. The fraction of sp³-hybridized carbons (Fsp3) is 0.375. The standard InChI is InChI=1S/C16H20N4O5/c1-10(18-16(23)17-9-5-8-13(21)22)15-19-14(20-25-15)11-6-3-4-7-12(11)24-2/h3-4,6-7,10H,5,8-9H2,1-2H3,(H,21,22)(H2,17,18,23). The lowest BCUT2D eigenvalue weighted by Crippen LogP contribution is -2.37. The molecule has 9 nitrogen and oxygen atoms in total. The first-order valence-electron chi connectivity index (χ1n) is 7.74. The van der Waals surface area contributed by atoms with Crippen LogP contribution < -0.4 is 15.4 Å². The van der Waals surface area contributed by atoms with Crippen LogP contribution in [0, 0.1) is 0 Å². The summed E-state index contributed by atoms with van der Waals surface area (Å²) in [6.07, 6.45) is 0.359. The molecule has 0 radical (unpaired) electrons. The Bertz CT molecular complexity index is 731. The van der Waals surface area contributed by atoms with E-state index in [-0.39, 0.29) is 18.9 Å². The molecular weight excluding hydrogens is 328 g/mol. The highest BCUT2D eigenvalue weighted by Crippen LogP contribution is 2.27. The van der Waals surface area contributed by atoms with Gasteiger partial charge in [0.2, 0.25) is 11.7 Å².